The Balaban J connectivity index is 1.29. The lowest BCUT2D eigenvalue weighted by Crippen LogP contribution is -2.52. The molecule has 7 heteroatoms. The Hall–Kier alpha value is -3.06. The van der Waals surface area contributed by atoms with Crippen LogP contribution in [0.15, 0.2) is 48.5 Å². The molecule has 0 spiro atoms. The van der Waals surface area contributed by atoms with Gasteiger partial charge in [0.1, 0.15) is 13.2 Å². The van der Waals surface area contributed by atoms with Crippen molar-refractivity contribution in [1.82, 2.24) is 4.90 Å². The monoisotopic (exact) mass is 393 g/mol. The first-order chi connectivity index (χ1) is 14.2. The minimum absolute atomic E-state index is 0.153. The summed E-state index contributed by atoms with van der Waals surface area (Å²) in [6.45, 7) is 4.16. The first kappa shape index (κ1) is 18.0. The molecule has 3 aliphatic rings. The number of carbonyl (C=O) groups excluding carboxylic acids is 2. The summed E-state index contributed by atoms with van der Waals surface area (Å²) < 4.78 is 11.1. The molecule has 2 aromatic rings. The Labute approximate surface area is 169 Å². The van der Waals surface area contributed by atoms with Gasteiger partial charge in [-0.1, -0.05) is 18.2 Å². The number of ether oxygens (including phenoxy) is 2. The van der Waals surface area contributed by atoms with E-state index in [9.17, 15) is 9.59 Å². The molecule has 3 aliphatic heterocycles. The lowest BCUT2D eigenvalue weighted by molar-refractivity contribution is -0.123. The van der Waals surface area contributed by atoms with E-state index in [0.717, 1.165) is 26.2 Å². The van der Waals surface area contributed by atoms with Crippen molar-refractivity contribution in [2.24, 2.45) is 0 Å². The normalized spacial score (nSPS) is 22.3. The highest BCUT2D eigenvalue weighted by molar-refractivity contribution is 6.22. The van der Waals surface area contributed by atoms with Crippen molar-refractivity contribution < 1.29 is 19.1 Å². The van der Waals surface area contributed by atoms with Crippen LogP contribution in [0.4, 0.5) is 11.4 Å². The quantitative estimate of drug-likeness (QED) is 0.743. The molecule has 2 saturated heterocycles. The van der Waals surface area contributed by atoms with E-state index in [4.69, 9.17) is 9.47 Å². The fourth-order valence-corrected chi connectivity index (χ4v) is 4.27. The fraction of sp³-hybridized carbons (Fsp3) is 0.364. The van der Waals surface area contributed by atoms with Crippen LogP contribution < -0.4 is 19.3 Å². The summed E-state index contributed by atoms with van der Waals surface area (Å²) in [5, 5.41) is 0. The first-order valence-corrected chi connectivity index (χ1v) is 10.0. The molecule has 2 fully saturated rings. The van der Waals surface area contributed by atoms with Crippen LogP contribution in [0.2, 0.25) is 0 Å². The maximum atomic E-state index is 13.1. The predicted octanol–water partition coefficient (Wildman–Crippen LogP) is 1.91. The SMILES string of the molecule is O=C1C[C@@H](N2CCN(c3ccccc3)CC2)C(=O)N1c1ccc2c(c1)OCCO2. The van der Waals surface area contributed by atoms with Gasteiger partial charge in [0, 0.05) is 37.9 Å². The van der Waals surface area contributed by atoms with Crippen LogP contribution in [0, 0.1) is 0 Å². The molecular formula is C22H23N3O4. The number of amides is 2. The molecule has 3 heterocycles. The van der Waals surface area contributed by atoms with Gasteiger partial charge in [0.15, 0.2) is 11.5 Å². The van der Waals surface area contributed by atoms with Crippen molar-refractivity contribution >= 4 is 23.2 Å². The number of nitrogens with zero attached hydrogens (tertiary/aromatic N) is 3. The number of carbonyl (C=O) groups is 2. The molecule has 2 aromatic carbocycles. The van der Waals surface area contributed by atoms with Gasteiger partial charge in [-0.25, -0.2) is 4.90 Å². The van der Waals surface area contributed by atoms with Gasteiger partial charge in [-0.05, 0) is 24.3 Å². The molecule has 0 bridgehead atoms. The molecule has 7 nitrogen and oxygen atoms in total. The van der Waals surface area contributed by atoms with Crippen LogP contribution in [-0.2, 0) is 9.59 Å². The highest BCUT2D eigenvalue weighted by atomic mass is 16.6. The second-order valence-electron chi connectivity index (χ2n) is 7.47. The first-order valence-electron chi connectivity index (χ1n) is 10.0. The number of rotatable bonds is 3. The van der Waals surface area contributed by atoms with Crippen molar-refractivity contribution in [2.75, 3.05) is 49.2 Å². The maximum absolute atomic E-state index is 13.1. The topological polar surface area (TPSA) is 62.3 Å². The molecule has 0 aromatic heterocycles. The van der Waals surface area contributed by atoms with Gasteiger partial charge in [0.25, 0.3) is 5.91 Å². The zero-order valence-electron chi connectivity index (χ0n) is 16.1. The lowest BCUT2D eigenvalue weighted by Gasteiger charge is -2.38. The number of hydrogen-bond donors (Lipinski definition) is 0. The molecule has 0 N–H and O–H groups in total. The third-order valence-corrected chi connectivity index (χ3v) is 5.78. The molecule has 5 rings (SSSR count). The van der Waals surface area contributed by atoms with E-state index in [1.54, 1.807) is 18.2 Å². The van der Waals surface area contributed by atoms with Crippen LogP contribution in [-0.4, -0.2) is 62.1 Å². The highest BCUT2D eigenvalue weighted by Gasteiger charge is 2.43. The highest BCUT2D eigenvalue weighted by Crippen LogP contribution is 2.36. The van der Waals surface area contributed by atoms with E-state index >= 15 is 0 Å². The number of imide groups is 1. The second kappa shape index (κ2) is 7.40. The summed E-state index contributed by atoms with van der Waals surface area (Å²) in [4.78, 5) is 31.6. The van der Waals surface area contributed by atoms with Gasteiger partial charge in [-0.15, -0.1) is 0 Å². The van der Waals surface area contributed by atoms with Crippen LogP contribution in [0.3, 0.4) is 0 Å². The lowest BCUT2D eigenvalue weighted by atomic mass is 10.1. The van der Waals surface area contributed by atoms with Gasteiger partial charge in [0.2, 0.25) is 5.91 Å². The van der Waals surface area contributed by atoms with Crippen molar-refractivity contribution in [3.05, 3.63) is 48.5 Å². The van der Waals surface area contributed by atoms with Crippen LogP contribution in [0.25, 0.3) is 0 Å². The largest absolute Gasteiger partial charge is 0.486 e. The number of benzene rings is 2. The van der Waals surface area contributed by atoms with Crippen molar-refractivity contribution in [1.29, 1.82) is 0 Å². The van der Waals surface area contributed by atoms with E-state index in [1.165, 1.54) is 10.6 Å². The van der Waals surface area contributed by atoms with Crippen molar-refractivity contribution in [3.8, 4) is 11.5 Å². The minimum atomic E-state index is -0.395. The van der Waals surface area contributed by atoms with Gasteiger partial charge in [-0.2, -0.15) is 0 Å². The Bertz CT molecular complexity index is 925. The summed E-state index contributed by atoms with van der Waals surface area (Å²) in [5.41, 5.74) is 1.74. The third kappa shape index (κ3) is 3.31. The van der Waals surface area contributed by atoms with Crippen LogP contribution >= 0.6 is 0 Å². The average Bonchev–Trinajstić information content (AvgIpc) is 3.08. The standard InChI is InChI=1S/C22H23N3O4/c26-21-15-18(24-10-8-23(9-11-24)16-4-2-1-3-5-16)22(27)25(21)17-6-7-19-20(14-17)29-13-12-28-19/h1-7,14,18H,8-13,15H2/t18-/m1/s1. The molecular weight excluding hydrogens is 370 g/mol. The van der Waals surface area contributed by atoms with E-state index in [1.807, 2.05) is 18.2 Å². The molecule has 0 saturated carbocycles. The number of piperazine rings is 1. The summed E-state index contributed by atoms with van der Waals surface area (Å²) >= 11 is 0. The predicted molar refractivity (Wildman–Crippen MR) is 109 cm³/mol. The zero-order chi connectivity index (χ0) is 19.8. The summed E-state index contributed by atoms with van der Waals surface area (Å²) in [5.74, 6) is 0.906. The van der Waals surface area contributed by atoms with Gasteiger partial charge < -0.3 is 14.4 Å². The molecule has 0 aliphatic carbocycles. The van der Waals surface area contributed by atoms with Crippen molar-refractivity contribution in [2.45, 2.75) is 12.5 Å². The molecule has 150 valence electrons. The average molecular weight is 393 g/mol. The van der Waals surface area contributed by atoms with Crippen molar-refractivity contribution in [3.63, 3.8) is 0 Å². The number of anilines is 2. The molecule has 0 unspecified atom stereocenters. The summed E-state index contributed by atoms with van der Waals surface area (Å²) in [6.07, 6.45) is 0.221. The van der Waals surface area contributed by atoms with Gasteiger partial charge >= 0.3 is 0 Å². The van der Waals surface area contributed by atoms with E-state index in [0.29, 0.717) is 30.4 Å². The minimum Gasteiger partial charge on any atom is -0.486 e. The van der Waals surface area contributed by atoms with E-state index in [-0.39, 0.29) is 18.2 Å². The second-order valence-corrected chi connectivity index (χ2v) is 7.47. The zero-order valence-corrected chi connectivity index (χ0v) is 16.1. The molecule has 1 atom stereocenters. The van der Waals surface area contributed by atoms with E-state index in [2.05, 4.69) is 21.9 Å². The smallest absolute Gasteiger partial charge is 0.251 e. The van der Waals surface area contributed by atoms with Gasteiger partial charge in [0.05, 0.1) is 18.2 Å². The fourth-order valence-electron chi connectivity index (χ4n) is 4.27. The number of hydrogen-bond acceptors (Lipinski definition) is 6. The summed E-state index contributed by atoms with van der Waals surface area (Å²) in [7, 11) is 0. The van der Waals surface area contributed by atoms with Crippen LogP contribution in [0.5, 0.6) is 11.5 Å². The summed E-state index contributed by atoms with van der Waals surface area (Å²) in [6, 6.07) is 15.1. The van der Waals surface area contributed by atoms with Gasteiger partial charge in [-0.3, -0.25) is 14.5 Å². The third-order valence-electron chi connectivity index (χ3n) is 5.78. The Kier molecular flexibility index (Phi) is 4.60. The molecule has 2 amide bonds. The molecule has 0 radical (unpaired) electrons. The number of para-hydroxylation sites is 1. The Morgan fingerprint density at radius 3 is 2.28 bits per heavy atom. The maximum Gasteiger partial charge on any atom is 0.251 e. The Morgan fingerprint density at radius 2 is 1.52 bits per heavy atom. The van der Waals surface area contributed by atoms with E-state index < -0.39 is 6.04 Å². The Morgan fingerprint density at radius 1 is 0.793 bits per heavy atom. The van der Waals surface area contributed by atoms with Crippen LogP contribution in [0.1, 0.15) is 6.42 Å². The number of fused-ring (bicyclic) bond motifs is 1. The molecule has 29 heavy (non-hydrogen) atoms.